The van der Waals surface area contributed by atoms with E-state index < -0.39 is 0 Å². The predicted octanol–water partition coefficient (Wildman–Crippen LogP) is 2.20. The number of nitrogens with zero attached hydrogens (tertiary/aromatic N) is 3. The quantitative estimate of drug-likeness (QED) is 0.704. The van der Waals surface area contributed by atoms with Crippen LogP contribution in [-0.2, 0) is 29.1 Å². The van der Waals surface area contributed by atoms with E-state index >= 15 is 0 Å². The molecule has 6 rings (SSSR count). The fourth-order valence-electron chi connectivity index (χ4n) is 5.97. The van der Waals surface area contributed by atoms with Crippen molar-refractivity contribution in [1.29, 1.82) is 0 Å². The van der Waals surface area contributed by atoms with Gasteiger partial charge in [-0.3, -0.25) is 29.6 Å². The van der Waals surface area contributed by atoms with Gasteiger partial charge >= 0.3 is 0 Å². The van der Waals surface area contributed by atoms with Crippen molar-refractivity contribution in [3.63, 3.8) is 0 Å². The van der Waals surface area contributed by atoms with Gasteiger partial charge in [-0.15, -0.1) is 0 Å². The highest BCUT2D eigenvalue weighted by molar-refractivity contribution is 6.02. The Labute approximate surface area is 198 Å². The van der Waals surface area contributed by atoms with E-state index in [2.05, 4.69) is 21.3 Å². The lowest BCUT2D eigenvalue weighted by atomic mass is 10.0. The molecule has 1 aromatic carbocycles. The summed E-state index contributed by atoms with van der Waals surface area (Å²) in [6.07, 6.45) is 6.55. The second-order valence-corrected chi connectivity index (χ2v) is 9.77. The molecule has 176 valence electrons. The third-order valence-electron chi connectivity index (χ3n) is 7.64. The van der Waals surface area contributed by atoms with Gasteiger partial charge in [0.15, 0.2) is 0 Å². The van der Waals surface area contributed by atoms with E-state index in [1.54, 1.807) is 4.90 Å². The first-order valence-electron chi connectivity index (χ1n) is 12.2. The van der Waals surface area contributed by atoms with Gasteiger partial charge in [-0.1, -0.05) is 6.07 Å². The Morgan fingerprint density at radius 2 is 1.85 bits per heavy atom. The number of rotatable bonds is 4. The lowest BCUT2D eigenvalue weighted by Crippen LogP contribution is -2.48. The summed E-state index contributed by atoms with van der Waals surface area (Å²) in [6, 6.07) is 9.83. The smallest absolute Gasteiger partial charge is 0.254 e. The van der Waals surface area contributed by atoms with Crippen LogP contribution in [0.4, 0.5) is 0 Å². The lowest BCUT2D eigenvalue weighted by molar-refractivity contribution is -0.135. The van der Waals surface area contributed by atoms with Crippen LogP contribution >= 0.6 is 0 Å². The number of carbonyl (C=O) groups is 3. The molecule has 0 bridgehead atoms. The Bertz CT molecular complexity index is 1150. The molecule has 0 unspecified atom stereocenters. The summed E-state index contributed by atoms with van der Waals surface area (Å²) in [5, 5.41) is 2.31. The maximum Gasteiger partial charge on any atom is 0.254 e. The average Bonchev–Trinajstić information content (AvgIpc) is 3.42. The Hall–Kier alpha value is -3.26. The van der Waals surface area contributed by atoms with Crippen molar-refractivity contribution in [1.82, 2.24) is 20.1 Å². The molecule has 4 heterocycles. The minimum atomic E-state index is -0.388. The molecule has 0 spiro atoms. The van der Waals surface area contributed by atoms with E-state index in [0.717, 1.165) is 50.1 Å². The molecule has 1 aliphatic carbocycles. The summed E-state index contributed by atoms with van der Waals surface area (Å²) in [5.74, 6) is 0.0186. The summed E-state index contributed by atoms with van der Waals surface area (Å²) in [4.78, 5) is 45.3. The van der Waals surface area contributed by atoms with Gasteiger partial charge in [-0.25, -0.2) is 0 Å². The Balaban J connectivity index is 1.15. The first kappa shape index (κ1) is 21.3. The van der Waals surface area contributed by atoms with Crippen LogP contribution in [0.25, 0.3) is 0 Å². The number of pyridine rings is 1. The second-order valence-electron chi connectivity index (χ2n) is 9.77. The molecule has 2 aromatic rings. The number of nitrogens with one attached hydrogen (secondary N) is 1. The number of benzene rings is 1. The topological polar surface area (TPSA) is 91.8 Å². The number of hydrogen-bond acceptors (Lipinski definition) is 6. The highest BCUT2D eigenvalue weighted by atomic mass is 16.5. The molecule has 34 heavy (non-hydrogen) atoms. The van der Waals surface area contributed by atoms with Gasteiger partial charge in [0.1, 0.15) is 11.9 Å². The molecular weight excluding hydrogens is 432 g/mol. The Morgan fingerprint density at radius 1 is 1.00 bits per heavy atom. The first-order valence-corrected chi connectivity index (χ1v) is 12.2. The van der Waals surface area contributed by atoms with Crippen LogP contribution < -0.4 is 10.1 Å². The van der Waals surface area contributed by atoms with E-state index in [0.29, 0.717) is 18.2 Å². The van der Waals surface area contributed by atoms with E-state index in [-0.39, 0.29) is 42.7 Å². The van der Waals surface area contributed by atoms with Crippen molar-refractivity contribution in [2.75, 3.05) is 6.54 Å². The summed E-state index contributed by atoms with van der Waals surface area (Å²) in [6.45, 7) is 2.31. The zero-order valence-electron chi connectivity index (χ0n) is 19.0. The van der Waals surface area contributed by atoms with Crippen LogP contribution in [0.2, 0.25) is 0 Å². The largest absolute Gasteiger partial charge is 0.489 e. The van der Waals surface area contributed by atoms with Crippen molar-refractivity contribution in [2.45, 2.75) is 69.8 Å². The molecule has 1 aromatic heterocycles. The Morgan fingerprint density at radius 3 is 2.71 bits per heavy atom. The molecule has 1 saturated heterocycles. The SMILES string of the molecule is O=C1CC(N2Cc3cc(O[C@H]4CCC[C@@H]4N4CCc5ncccc5C4)ccc3C2=O)CC(=O)N1. The van der Waals surface area contributed by atoms with Crippen LogP contribution in [0.1, 0.15) is 59.3 Å². The van der Waals surface area contributed by atoms with E-state index in [4.69, 9.17) is 4.74 Å². The van der Waals surface area contributed by atoms with Crippen LogP contribution in [-0.4, -0.2) is 57.2 Å². The molecule has 1 saturated carbocycles. The first-order chi connectivity index (χ1) is 16.5. The maximum atomic E-state index is 13.0. The third-order valence-corrected chi connectivity index (χ3v) is 7.64. The summed E-state index contributed by atoms with van der Waals surface area (Å²) in [7, 11) is 0. The number of amides is 3. The van der Waals surface area contributed by atoms with Gasteiger partial charge in [0.2, 0.25) is 11.8 Å². The molecule has 2 fully saturated rings. The van der Waals surface area contributed by atoms with Gasteiger partial charge in [-0.2, -0.15) is 0 Å². The molecule has 0 radical (unpaired) electrons. The number of piperidine rings is 1. The number of aromatic nitrogens is 1. The van der Waals surface area contributed by atoms with Crippen molar-refractivity contribution in [3.05, 3.63) is 58.9 Å². The Kier molecular flexibility index (Phi) is 5.32. The van der Waals surface area contributed by atoms with Gasteiger partial charge in [0.25, 0.3) is 5.91 Å². The molecule has 3 aliphatic heterocycles. The monoisotopic (exact) mass is 460 g/mol. The van der Waals surface area contributed by atoms with Crippen molar-refractivity contribution in [3.8, 4) is 5.75 Å². The number of ether oxygens (including phenoxy) is 1. The summed E-state index contributed by atoms with van der Waals surface area (Å²) >= 11 is 0. The normalized spacial score (nSPS) is 25.3. The lowest BCUT2D eigenvalue weighted by Gasteiger charge is -2.36. The summed E-state index contributed by atoms with van der Waals surface area (Å²) < 4.78 is 6.50. The number of carbonyl (C=O) groups excluding carboxylic acids is 3. The fraction of sp³-hybridized carbons (Fsp3) is 0.462. The van der Waals surface area contributed by atoms with E-state index in [1.807, 2.05) is 30.5 Å². The van der Waals surface area contributed by atoms with Crippen molar-refractivity contribution >= 4 is 17.7 Å². The average molecular weight is 461 g/mol. The van der Waals surface area contributed by atoms with E-state index in [9.17, 15) is 14.4 Å². The second kappa shape index (κ2) is 8.51. The summed E-state index contributed by atoms with van der Waals surface area (Å²) in [5.41, 5.74) is 4.05. The van der Waals surface area contributed by atoms with Gasteiger partial charge in [-0.05, 0) is 54.7 Å². The minimum absolute atomic E-state index is 0.115. The molecule has 2 atom stereocenters. The third kappa shape index (κ3) is 3.86. The zero-order chi connectivity index (χ0) is 23.2. The van der Waals surface area contributed by atoms with Gasteiger partial charge in [0, 0.05) is 68.4 Å². The van der Waals surface area contributed by atoms with Crippen molar-refractivity contribution in [2.24, 2.45) is 0 Å². The van der Waals surface area contributed by atoms with Crippen LogP contribution in [0.5, 0.6) is 5.75 Å². The van der Waals surface area contributed by atoms with Crippen LogP contribution in [0.15, 0.2) is 36.5 Å². The number of fused-ring (bicyclic) bond motifs is 2. The van der Waals surface area contributed by atoms with Gasteiger partial charge < -0.3 is 9.64 Å². The van der Waals surface area contributed by atoms with Crippen LogP contribution in [0, 0.1) is 0 Å². The predicted molar refractivity (Wildman–Crippen MR) is 123 cm³/mol. The van der Waals surface area contributed by atoms with E-state index in [1.165, 1.54) is 11.3 Å². The molecule has 3 amide bonds. The molecular formula is C26H28N4O4. The fourth-order valence-corrected chi connectivity index (χ4v) is 5.97. The molecule has 4 aliphatic rings. The molecule has 8 heteroatoms. The maximum absolute atomic E-state index is 13.0. The number of imide groups is 1. The highest BCUT2D eigenvalue weighted by Crippen LogP contribution is 2.34. The standard InChI is InChI=1S/C26H28N4O4/c31-24-12-18(13-25(32)28-24)30-15-17-11-19(6-7-20(17)26(30)33)34-23-5-1-4-22(23)29-10-8-21-16(14-29)3-2-9-27-21/h2-3,6-7,9,11,18,22-23H,1,4-5,8,10,12-15H2,(H,28,31,32)/t22-,23-/m0/s1. The molecule has 8 nitrogen and oxygen atoms in total. The minimum Gasteiger partial charge on any atom is -0.489 e. The van der Waals surface area contributed by atoms with Crippen LogP contribution in [0.3, 0.4) is 0 Å². The van der Waals surface area contributed by atoms with Crippen molar-refractivity contribution < 1.29 is 19.1 Å². The highest BCUT2D eigenvalue weighted by Gasteiger charge is 2.38. The molecule has 1 N–H and O–H groups in total. The van der Waals surface area contributed by atoms with Gasteiger partial charge in [0.05, 0.1) is 0 Å². The zero-order valence-corrected chi connectivity index (χ0v) is 19.0. The number of hydrogen-bond donors (Lipinski definition) is 1.